The second kappa shape index (κ2) is 13.5. The quantitative estimate of drug-likeness (QED) is 0.228. The number of hydrogen-bond acceptors (Lipinski definition) is 6. The Kier molecular flexibility index (Phi) is 9.61. The van der Waals surface area contributed by atoms with Crippen LogP contribution in [0.3, 0.4) is 0 Å². The third-order valence-corrected chi connectivity index (χ3v) is 9.52. The summed E-state index contributed by atoms with van der Waals surface area (Å²) in [5, 5.41) is 12.1. The topological polar surface area (TPSA) is 74.2 Å². The van der Waals surface area contributed by atoms with Crippen molar-refractivity contribution in [2.24, 2.45) is 0 Å². The lowest BCUT2D eigenvalue weighted by Crippen LogP contribution is -2.55. The molecule has 0 saturated carbocycles. The van der Waals surface area contributed by atoms with Crippen molar-refractivity contribution < 1.29 is 28.4 Å². The number of aryl methyl sites for hydroxylation is 1. The van der Waals surface area contributed by atoms with Gasteiger partial charge in [0.05, 0.1) is 26.4 Å². The predicted octanol–water partition coefficient (Wildman–Crippen LogP) is 6.00. The van der Waals surface area contributed by atoms with Crippen LogP contribution in [0, 0.1) is 6.92 Å². The molecule has 1 aliphatic rings. The Labute approximate surface area is 236 Å². The maximum atomic E-state index is 14.5. The fourth-order valence-corrected chi connectivity index (χ4v) is 7.30. The van der Waals surface area contributed by atoms with Gasteiger partial charge in [0.2, 0.25) is 0 Å². The van der Waals surface area contributed by atoms with Crippen molar-refractivity contribution in [3.63, 3.8) is 0 Å². The van der Waals surface area contributed by atoms with Crippen LogP contribution in [0.1, 0.15) is 22.3 Å². The van der Waals surface area contributed by atoms with Crippen molar-refractivity contribution in [1.82, 2.24) is 0 Å². The Morgan fingerprint density at radius 3 is 1.77 bits per heavy atom. The summed E-state index contributed by atoms with van der Waals surface area (Å²) < 4.78 is 39.7. The van der Waals surface area contributed by atoms with Crippen LogP contribution in [0.5, 0.6) is 0 Å². The summed E-state index contributed by atoms with van der Waals surface area (Å²) in [5.41, 5.74) is 3.84. The first-order valence-electron chi connectivity index (χ1n) is 13.5. The molecule has 0 spiro atoms. The van der Waals surface area contributed by atoms with E-state index in [4.69, 9.17) is 18.7 Å². The van der Waals surface area contributed by atoms with E-state index in [1.165, 1.54) is 0 Å². The van der Waals surface area contributed by atoms with E-state index in [9.17, 15) is 9.67 Å². The van der Waals surface area contributed by atoms with E-state index in [1.54, 1.807) is 12.1 Å². The third-order valence-electron chi connectivity index (χ3n) is 6.95. The van der Waals surface area contributed by atoms with Crippen LogP contribution in [0.25, 0.3) is 0 Å². The summed E-state index contributed by atoms with van der Waals surface area (Å²) in [7, 11) is -3.79. The molecule has 5 rings (SSSR count). The van der Waals surface area contributed by atoms with E-state index in [1.807, 2.05) is 110 Å². The zero-order valence-corrected chi connectivity index (χ0v) is 23.4. The van der Waals surface area contributed by atoms with E-state index in [0.717, 1.165) is 22.3 Å². The molecule has 4 aromatic carbocycles. The molecule has 5 atom stereocenters. The summed E-state index contributed by atoms with van der Waals surface area (Å²) in [5.74, 6) is -1.43. The summed E-state index contributed by atoms with van der Waals surface area (Å²) in [6.45, 7) is 2.89. The molecule has 0 bridgehead atoms. The van der Waals surface area contributed by atoms with Crippen molar-refractivity contribution in [2.45, 2.75) is 50.9 Å². The van der Waals surface area contributed by atoms with Crippen LogP contribution in [-0.4, -0.2) is 35.9 Å². The molecule has 7 heteroatoms. The van der Waals surface area contributed by atoms with E-state index in [0.29, 0.717) is 11.9 Å². The fraction of sp³-hybridized carbons (Fsp3) is 0.273. The van der Waals surface area contributed by atoms with Crippen LogP contribution in [0.4, 0.5) is 0 Å². The molecular weight excluding hydrogens is 523 g/mol. The first kappa shape index (κ1) is 28.4. The molecule has 4 aromatic rings. The first-order chi connectivity index (χ1) is 19.5. The number of aliphatic hydroxyl groups is 1. The molecule has 0 aliphatic carbocycles. The average Bonchev–Trinajstić information content (AvgIpc) is 2.99. The highest BCUT2D eigenvalue weighted by molar-refractivity contribution is 7.67. The highest BCUT2D eigenvalue weighted by atomic mass is 31.2. The molecule has 1 heterocycles. The number of rotatable bonds is 11. The molecule has 1 saturated heterocycles. The van der Waals surface area contributed by atoms with Gasteiger partial charge in [0.15, 0.2) is 5.85 Å². The van der Waals surface area contributed by atoms with Crippen LogP contribution in [-0.2, 0) is 43.1 Å². The van der Waals surface area contributed by atoms with Gasteiger partial charge in [-0.3, -0.25) is 4.57 Å². The van der Waals surface area contributed by atoms with Gasteiger partial charge in [-0.05, 0) is 35.7 Å². The lowest BCUT2D eigenvalue weighted by molar-refractivity contribution is -0.174. The van der Waals surface area contributed by atoms with Gasteiger partial charge in [0.25, 0.3) is 7.37 Å². The van der Waals surface area contributed by atoms with Gasteiger partial charge in [-0.15, -0.1) is 0 Å². The highest BCUT2D eigenvalue weighted by Gasteiger charge is 2.54. The largest absolute Gasteiger partial charge is 0.380 e. The second-order valence-electron chi connectivity index (χ2n) is 10.0. The normalized spacial score (nSPS) is 24.6. The van der Waals surface area contributed by atoms with Crippen LogP contribution in [0.2, 0.25) is 0 Å². The molecule has 0 aromatic heterocycles. The summed E-state index contributed by atoms with van der Waals surface area (Å²) >= 11 is 0. The highest BCUT2D eigenvalue weighted by Crippen LogP contribution is 2.57. The third kappa shape index (κ3) is 6.97. The number of ether oxygens (including phenoxy) is 3. The minimum absolute atomic E-state index is 0.113. The molecule has 6 nitrogen and oxygen atoms in total. The van der Waals surface area contributed by atoms with Gasteiger partial charge in [-0.2, -0.15) is 0 Å². The maximum Gasteiger partial charge on any atom is 0.262 e. The van der Waals surface area contributed by atoms with Crippen molar-refractivity contribution >= 4 is 12.7 Å². The Balaban J connectivity index is 1.45. The van der Waals surface area contributed by atoms with Gasteiger partial charge in [-0.25, -0.2) is 0 Å². The van der Waals surface area contributed by atoms with Crippen LogP contribution < -0.4 is 5.30 Å². The summed E-state index contributed by atoms with van der Waals surface area (Å²) in [6.07, 6.45) is -2.40. The molecule has 1 N–H and O–H groups in total. The second-order valence-corrected chi connectivity index (χ2v) is 12.5. The van der Waals surface area contributed by atoms with Crippen molar-refractivity contribution in [3.8, 4) is 0 Å². The molecule has 208 valence electrons. The zero-order valence-electron chi connectivity index (χ0n) is 22.5. The van der Waals surface area contributed by atoms with E-state index < -0.39 is 31.5 Å². The number of aliphatic hydroxyl groups excluding tert-OH is 1. The Morgan fingerprint density at radius 2 is 1.23 bits per heavy atom. The minimum Gasteiger partial charge on any atom is -0.380 e. The molecule has 40 heavy (non-hydrogen) atoms. The molecule has 1 aliphatic heterocycles. The van der Waals surface area contributed by atoms with E-state index >= 15 is 0 Å². The minimum atomic E-state index is -3.79. The van der Waals surface area contributed by atoms with Gasteiger partial charge in [0.1, 0.15) is 18.3 Å². The van der Waals surface area contributed by atoms with E-state index in [2.05, 4.69) is 0 Å². The van der Waals surface area contributed by atoms with Crippen molar-refractivity contribution in [3.05, 3.63) is 138 Å². The van der Waals surface area contributed by atoms with E-state index in [-0.39, 0.29) is 19.8 Å². The molecule has 0 amide bonds. The lowest BCUT2D eigenvalue weighted by Gasteiger charge is -2.44. The van der Waals surface area contributed by atoms with Gasteiger partial charge >= 0.3 is 0 Å². The molecule has 1 fully saturated rings. The predicted molar refractivity (Wildman–Crippen MR) is 155 cm³/mol. The van der Waals surface area contributed by atoms with Crippen molar-refractivity contribution in [1.29, 1.82) is 0 Å². The number of benzene rings is 4. The van der Waals surface area contributed by atoms with Crippen LogP contribution in [0.15, 0.2) is 115 Å². The monoisotopic (exact) mass is 558 g/mol. The van der Waals surface area contributed by atoms with Gasteiger partial charge in [0, 0.05) is 5.30 Å². The Hall–Kier alpha value is -3.09. The SMILES string of the molecule is Cc1cccc([P@]2(=O)O[C@H](COCc3ccccc3)[C@@H](OCc3ccccc3)[C@H](OCc3ccccc3)[C@@H]2O)c1. The summed E-state index contributed by atoms with van der Waals surface area (Å²) in [6, 6.07) is 36.6. The molecule has 0 unspecified atom stereocenters. The zero-order chi connectivity index (χ0) is 27.8. The Bertz CT molecular complexity index is 1380. The lowest BCUT2D eigenvalue weighted by atomic mass is 10.1. The molecular formula is C33H35O6P. The fourth-order valence-electron chi connectivity index (χ4n) is 4.84. The summed E-state index contributed by atoms with van der Waals surface area (Å²) in [4.78, 5) is 0. The first-order valence-corrected chi connectivity index (χ1v) is 15.2. The standard InChI is InChI=1S/C33H35O6P/c1-25-12-11-19-29(20-25)40(35)33(34)32(38-23-28-17-9-4-10-18-28)31(37-22-27-15-7-3-8-16-27)30(39-40)24-36-21-26-13-5-2-6-14-26/h2-20,30-34H,21-24H2,1H3/t30-,31-,32+,33-,40+/m1/s1. The molecule has 0 radical (unpaired) electrons. The smallest absolute Gasteiger partial charge is 0.262 e. The Morgan fingerprint density at radius 1 is 0.700 bits per heavy atom. The van der Waals surface area contributed by atoms with Crippen molar-refractivity contribution in [2.75, 3.05) is 6.61 Å². The van der Waals surface area contributed by atoms with Gasteiger partial charge in [-0.1, -0.05) is 109 Å². The van der Waals surface area contributed by atoms with Crippen LogP contribution >= 0.6 is 7.37 Å². The maximum absolute atomic E-state index is 14.5. The average molecular weight is 559 g/mol. The van der Waals surface area contributed by atoms with Gasteiger partial charge < -0.3 is 23.8 Å². The number of hydrogen-bond donors (Lipinski definition) is 1.